The Morgan fingerprint density at radius 2 is 2.00 bits per heavy atom. The fourth-order valence-electron chi connectivity index (χ4n) is 2.07. The summed E-state index contributed by atoms with van der Waals surface area (Å²) in [7, 11) is 3.49. The van der Waals surface area contributed by atoms with Gasteiger partial charge in [0.05, 0.1) is 7.11 Å². The Bertz CT molecular complexity index is 601. The van der Waals surface area contributed by atoms with E-state index in [0.717, 1.165) is 16.9 Å². The molecule has 0 fully saturated rings. The number of hydrogen-bond acceptors (Lipinski definition) is 3. The van der Waals surface area contributed by atoms with Crippen molar-refractivity contribution in [2.45, 2.75) is 19.6 Å². The molecule has 0 aromatic heterocycles. The average molecular weight is 289 g/mol. The average Bonchev–Trinajstić information content (AvgIpc) is 2.52. The summed E-state index contributed by atoms with van der Waals surface area (Å²) in [5, 5.41) is 3.14. The molecule has 1 atom stereocenters. The summed E-state index contributed by atoms with van der Waals surface area (Å²) >= 11 is 0. The molecule has 0 amide bonds. The molecule has 2 aromatic carbocycles. The Hall–Kier alpha value is -2.07. The molecule has 0 bridgehead atoms. The van der Waals surface area contributed by atoms with E-state index in [1.165, 1.54) is 12.1 Å². The lowest BCUT2D eigenvalue weighted by molar-refractivity contribution is 0.297. The third-order valence-electron chi connectivity index (χ3n) is 3.40. The second-order valence-electron chi connectivity index (χ2n) is 4.83. The van der Waals surface area contributed by atoms with Crippen LogP contribution in [0.25, 0.3) is 0 Å². The van der Waals surface area contributed by atoms with Gasteiger partial charge in [-0.2, -0.15) is 0 Å². The Morgan fingerprint density at radius 3 is 2.71 bits per heavy atom. The third-order valence-corrected chi connectivity index (χ3v) is 3.40. The molecule has 0 heterocycles. The van der Waals surface area contributed by atoms with E-state index in [1.54, 1.807) is 13.2 Å². The zero-order valence-electron chi connectivity index (χ0n) is 12.5. The van der Waals surface area contributed by atoms with E-state index in [-0.39, 0.29) is 11.9 Å². The van der Waals surface area contributed by atoms with Gasteiger partial charge in [0.15, 0.2) is 0 Å². The second kappa shape index (κ2) is 7.09. The van der Waals surface area contributed by atoms with Crippen molar-refractivity contribution in [2.24, 2.45) is 0 Å². The van der Waals surface area contributed by atoms with Crippen molar-refractivity contribution in [3.05, 3.63) is 59.4 Å². The SMILES string of the molecule is CNC(C)c1ccc(F)cc1OCc1cccc(OC)c1. The molecule has 0 aliphatic carbocycles. The van der Waals surface area contributed by atoms with Gasteiger partial charge in [-0.05, 0) is 37.7 Å². The van der Waals surface area contributed by atoms with Gasteiger partial charge >= 0.3 is 0 Å². The normalized spacial score (nSPS) is 12.0. The lowest BCUT2D eigenvalue weighted by atomic mass is 10.1. The van der Waals surface area contributed by atoms with Crippen molar-refractivity contribution in [1.29, 1.82) is 0 Å². The summed E-state index contributed by atoms with van der Waals surface area (Å²) in [5.41, 5.74) is 1.91. The molecule has 0 saturated heterocycles. The summed E-state index contributed by atoms with van der Waals surface area (Å²) in [5.74, 6) is 1.03. The first-order valence-electron chi connectivity index (χ1n) is 6.86. The smallest absolute Gasteiger partial charge is 0.127 e. The van der Waals surface area contributed by atoms with E-state index in [2.05, 4.69) is 5.32 Å². The summed E-state index contributed by atoms with van der Waals surface area (Å²) in [6, 6.07) is 12.3. The minimum absolute atomic E-state index is 0.0888. The molecule has 0 aliphatic rings. The molecule has 2 aromatic rings. The van der Waals surface area contributed by atoms with Gasteiger partial charge in [0.2, 0.25) is 0 Å². The van der Waals surface area contributed by atoms with Crippen LogP contribution in [0.1, 0.15) is 24.1 Å². The topological polar surface area (TPSA) is 30.5 Å². The first kappa shape index (κ1) is 15.3. The van der Waals surface area contributed by atoms with E-state index in [0.29, 0.717) is 12.4 Å². The van der Waals surface area contributed by atoms with Crippen LogP contribution in [0.3, 0.4) is 0 Å². The summed E-state index contributed by atoms with van der Waals surface area (Å²) in [4.78, 5) is 0. The van der Waals surface area contributed by atoms with E-state index in [1.807, 2.05) is 38.2 Å². The summed E-state index contributed by atoms with van der Waals surface area (Å²) in [6.45, 7) is 2.37. The summed E-state index contributed by atoms with van der Waals surface area (Å²) in [6.07, 6.45) is 0. The highest BCUT2D eigenvalue weighted by Crippen LogP contribution is 2.27. The fraction of sp³-hybridized carbons (Fsp3) is 0.294. The van der Waals surface area contributed by atoms with Crippen LogP contribution in [0.15, 0.2) is 42.5 Å². The van der Waals surface area contributed by atoms with Gasteiger partial charge in [-0.1, -0.05) is 18.2 Å². The standard InChI is InChI=1S/C17H20FNO2/c1-12(19-2)16-8-7-14(18)10-17(16)21-11-13-5-4-6-15(9-13)20-3/h4-10,12,19H,11H2,1-3H3. The van der Waals surface area contributed by atoms with E-state index in [4.69, 9.17) is 9.47 Å². The highest BCUT2D eigenvalue weighted by Gasteiger charge is 2.11. The predicted octanol–water partition coefficient (Wildman–Crippen LogP) is 3.69. The molecule has 0 saturated carbocycles. The van der Waals surface area contributed by atoms with Crippen LogP contribution in [0.4, 0.5) is 4.39 Å². The number of ether oxygens (including phenoxy) is 2. The van der Waals surface area contributed by atoms with Crippen LogP contribution in [-0.2, 0) is 6.61 Å². The minimum atomic E-state index is -0.303. The van der Waals surface area contributed by atoms with Crippen LogP contribution in [0, 0.1) is 5.82 Å². The highest BCUT2D eigenvalue weighted by molar-refractivity contribution is 5.37. The molecule has 4 heteroatoms. The zero-order valence-corrected chi connectivity index (χ0v) is 12.5. The van der Waals surface area contributed by atoms with Crippen molar-refractivity contribution in [2.75, 3.05) is 14.2 Å². The predicted molar refractivity (Wildman–Crippen MR) is 81.2 cm³/mol. The molecule has 2 rings (SSSR count). The van der Waals surface area contributed by atoms with E-state index in [9.17, 15) is 4.39 Å². The van der Waals surface area contributed by atoms with E-state index < -0.39 is 0 Å². The lowest BCUT2D eigenvalue weighted by Crippen LogP contribution is -2.14. The van der Waals surface area contributed by atoms with Gasteiger partial charge in [0.1, 0.15) is 23.9 Å². The molecular weight excluding hydrogens is 269 g/mol. The van der Waals surface area contributed by atoms with Crippen LogP contribution < -0.4 is 14.8 Å². The Labute approximate surface area is 124 Å². The molecule has 1 N–H and O–H groups in total. The maximum atomic E-state index is 13.4. The molecule has 0 radical (unpaired) electrons. The molecule has 21 heavy (non-hydrogen) atoms. The lowest BCUT2D eigenvalue weighted by Gasteiger charge is -2.17. The maximum absolute atomic E-state index is 13.4. The van der Waals surface area contributed by atoms with Crippen molar-refractivity contribution >= 4 is 0 Å². The van der Waals surface area contributed by atoms with Crippen molar-refractivity contribution in [1.82, 2.24) is 5.32 Å². The van der Waals surface area contributed by atoms with Gasteiger partial charge in [-0.3, -0.25) is 0 Å². The van der Waals surface area contributed by atoms with Gasteiger partial charge < -0.3 is 14.8 Å². The van der Waals surface area contributed by atoms with Crippen LogP contribution in [0.5, 0.6) is 11.5 Å². The Balaban J connectivity index is 2.16. The maximum Gasteiger partial charge on any atom is 0.127 e. The molecule has 112 valence electrons. The molecule has 3 nitrogen and oxygen atoms in total. The van der Waals surface area contributed by atoms with Crippen LogP contribution in [0.2, 0.25) is 0 Å². The van der Waals surface area contributed by atoms with E-state index >= 15 is 0 Å². The Morgan fingerprint density at radius 1 is 1.19 bits per heavy atom. The van der Waals surface area contributed by atoms with Gasteiger partial charge in [0, 0.05) is 17.7 Å². The highest BCUT2D eigenvalue weighted by atomic mass is 19.1. The number of hydrogen-bond donors (Lipinski definition) is 1. The van der Waals surface area contributed by atoms with Crippen molar-refractivity contribution in [3.63, 3.8) is 0 Å². The van der Waals surface area contributed by atoms with Gasteiger partial charge in [-0.15, -0.1) is 0 Å². The molecule has 1 unspecified atom stereocenters. The van der Waals surface area contributed by atoms with Crippen molar-refractivity contribution in [3.8, 4) is 11.5 Å². The largest absolute Gasteiger partial charge is 0.497 e. The molecule has 0 aliphatic heterocycles. The monoisotopic (exact) mass is 289 g/mol. The fourth-order valence-corrected chi connectivity index (χ4v) is 2.07. The number of benzene rings is 2. The zero-order chi connectivity index (χ0) is 15.2. The number of rotatable bonds is 6. The molecule has 0 spiro atoms. The summed E-state index contributed by atoms with van der Waals surface area (Å²) < 4.78 is 24.4. The van der Waals surface area contributed by atoms with Crippen LogP contribution in [-0.4, -0.2) is 14.2 Å². The molecular formula is C17H20FNO2. The quantitative estimate of drug-likeness (QED) is 0.879. The number of halogens is 1. The van der Waals surface area contributed by atoms with Crippen LogP contribution >= 0.6 is 0 Å². The number of methoxy groups -OCH3 is 1. The van der Waals surface area contributed by atoms with Crippen molar-refractivity contribution < 1.29 is 13.9 Å². The number of nitrogens with one attached hydrogen (secondary N) is 1. The van der Waals surface area contributed by atoms with Gasteiger partial charge in [-0.25, -0.2) is 4.39 Å². The second-order valence-corrected chi connectivity index (χ2v) is 4.83. The van der Waals surface area contributed by atoms with Gasteiger partial charge in [0.25, 0.3) is 0 Å². The Kier molecular flexibility index (Phi) is 5.17. The third kappa shape index (κ3) is 3.95. The first-order chi connectivity index (χ1) is 10.1. The first-order valence-corrected chi connectivity index (χ1v) is 6.86. The minimum Gasteiger partial charge on any atom is -0.497 e.